The summed E-state index contributed by atoms with van der Waals surface area (Å²) >= 11 is 5.63. The van der Waals surface area contributed by atoms with Gasteiger partial charge in [-0.2, -0.15) is 0 Å². The molecule has 0 radical (unpaired) electrons. The van der Waals surface area contributed by atoms with Crippen LogP contribution < -0.4 is 5.32 Å². The van der Waals surface area contributed by atoms with Crippen molar-refractivity contribution >= 4 is 22.4 Å². The predicted molar refractivity (Wildman–Crippen MR) is 75.3 cm³/mol. The SMILES string of the molecule is C/C(=C/Cl)CNCc1cccc2ccccc12. The third kappa shape index (κ3) is 3.09. The van der Waals surface area contributed by atoms with Crippen LogP contribution in [0.25, 0.3) is 10.8 Å². The first kappa shape index (κ1) is 12.2. The van der Waals surface area contributed by atoms with E-state index < -0.39 is 0 Å². The van der Waals surface area contributed by atoms with E-state index in [1.165, 1.54) is 16.3 Å². The Hall–Kier alpha value is -1.31. The number of hydrogen-bond acceptors (Lipinski definition) is 1. The van der Waals surface area contributed by atoms with Gasteiger partial charge < -0.3 is 5.32 Å². The average molecular weight is 246 g/mol. The minimum Gasteiger partial charge on any atom is -0.309 e. The Kier molecular flexibility index (Phi) is 4.18. The van der Waals surface area contributed by atoms with E-state index in [0.29, 0.717) is 0 Å². The van der Waals surface area contributed by atoms with Crippen LogP contribution in [0.4, 0.5) is 0 Å². The Balaban J connectivity index is 2.13. The number of nitrogens with one attached hydrogen (secondary N) is 1. The third-order valence-corrected chi connectivity index (χ3v) is 3.16. The number of halogens is 1. The van der Waals surface area contributed by atoms with Crippen LogP contribution in [0.15, 0.2) is 53.6 Å². The normalized spacial score (nSPS) is 12.0. The van der Waals surface area contributed by atoms with Gasteiger partial charge in [0.25, 0.3) is 0 Å². The largest absolute Gasteiger partial charge is 0.309 e. The zero-order valence-corrected chi connectivity index (χ0v) is 10.7. The molecule has 2 heteroatoms. The smallest absolute Gasteiger partial charge is 0.0214 e. The van der Waals surface area contributed by atoms with Crippen molar-refractivity contribution in [1.82, 2.24) is 5.32 Å². The summed E-state index contributed by atoms with van der Waals surface area (Å²) in [6, 6.07) is 14.9. The van der Waals surface area contributed by atoms with Crippen LogP contribution in [0.3, 0.4) is 0 Å². The van der Waals surface area contributed by atoms with Gasteiger partial charge in [0, 0.05) is 18.6 Å². The fraction of sp³-hybridized carbons (Fsp3) is 0.200. The molecule has 0 amide bonds. The van der Waals surface area contributed by atoms with E-state index in [1.807, 2.05) is 6.92 Å². The Bertz CT molecular complexity index is 526. The zero-order valence-electron chi connectivity index (χ0n) is 9.91. The van der Waals surface area contributed by atoms with Crippen molar-refractivity contribution in [1.29, 1.82) is 0 Å². The molecule has 0 bridgehead atoms. The fourth-order valence-electron chi connectivity index (χ4n) is 1.88. The summed E-state index contributed by atoms with van der Waals surface area (Å²) in [5.41, 5.74) is 4.09. The van der Waals surface area contributed by atoms with E-state index in [-0.39, 0.29) is 0 Å². The molecule has 17 heavy (non-hydrogen) atoms. The van der Waals surface area contributed by atoms with E-state index in [0.717, 1.165) is 18.7 Å². The molecule has 0 fully saturated rings. The van der Waals surface area contributed by atoms with Gasteiger partial charge in [0.05, 0.1) is 0 Å². The van der Waals surface area contributed by atoms with Gasteiger partial charge in [-0.05, 0) is 28.8 Å². The van der Waals surface area contributed by atoms with E-state index in [9.17, 15) is 0 Å². The lowest BCUT2D eigenvalue weighted by molar-refractivity contribution is 0.744. The second-order valence-corrected chi connectivity index (χ2v) is 4.42. The summed E-state index contributed by atoms with van der Waals surface area (Å²) in [5.74, 6) is 0. The lowest BCUT2D eigenvalue weighted by atomic mass is 10.0. The van der Waals surface area contributed by atoms with Crippen LogP contribution in [0.2, 0.25) is 0 Å². The third-order valence-electron chi connectivity index (χ3n) is 2.79. The van der Waals surface area contributed by atoms with Gasteiger partial charge >= 0.3 is 0 Å². The van der Waals surface area contributed by atoms with Crippen molar-refractivity contribution in [2.24, 2.45) is 0 Å². The van der Waals surface area contributed by atoms with Gasteiger partial charge in [0.2, 0.25) is 0 Å². The summed E-state index contributed by atoms with van der Waals surface area (Å²) in [4.78, 5) is 0. The second kappa shape index (κ2) is 5.85. The molecule has 0 aliphatic rings. The summed E-state index contributed by atoms with van der Waals surface area (Å²) in [5, 5.41) is 5.99. The van der Waals surface area contributed by atoms with Gasteiger partial charge in [-0.1, -0.05) is 54.1 Å². The molecule has 0 aliphatic carbocycles. The highest BCUT2D eigenvalue weighted by Gasteiger charge is 1.99. The first-order valence-corrected chi connectivity index (χ1v) is 6.18. The van der Waals surface area contributed by atoms with Crippen LogP contribution in [-0.4, -0.2) is 6.54 Å². The van der Waals surface area contributed by atoms with Crippen molar-refractivity contribution < 1.29 is 0 Å². The first-order chi connectivity index (χ1) is 8.31. The summed E-state index contributed by atoms with van der Waals surface area (Å²) < 4.78 is 0. The second-order valence-electron chi connectivity index (χ2n) is 4.20. The molecular weight excluding hydrogens is 230 g/mol. The number of rotatable bonds is 4. The van der Waals surface area contributed by atoms with Crippen molar-refractivity contribution in [3.63, 3.8) is 0 Å². The lowest BCUT2D eigenvalue weighted by Crippen LogP contribution is -2.15. The predicted octanol–water partition coefficient (Wildman–Crippen LogP) is 4.07. The maximum Gasteiger partial charge on any atom is 0.0214 e. The highest BCUT2D eigenvalue weighted by molar-refractivity contribution is 6.25. The lowest BCUT2D eigenvalue weighted by Gasteiger charge is -2.08. The van der Waals surface area contributed by atoms with Crippen LogP contribution >= 0.6 is 11.6 Å². The molecule has 2 aromatic carbocycles. The van der Waals surface area contributed by atoms with Gasteiger partial charge in [-0.25, -0.2) is 0 Å². The van der Waals surface area contributed by atoms with Gasteiger partial charge in [-0.3, -0.25) is 0 Å². The Morgan fingerprint density at radius 3 is 2.76 bits per heavy atom. The van der Waals surface area contributed by atoms with Gasteiger partial charge in [-0.15, -0.1) is 0 Å². The topological polar surface area (TPSA) is 12.0 Å². The first-order valence-electron chi connectivity index (χ1n) is 5.74. The molecule has 0 spiro atoms. The molecule has 1 N–H and O–H groups in total. The Morgan fingerprint density at radius 2 is 1.94 bits per heavy atom. The minimum absolute atomic E-state index is 0.826. The van der Waals surface area contributed by atoms with Crippen molar-refractivity contribution in [3.8, 4) is 0 Å². The highest BCUT2D eigenvalue weighted by Crippen LogP contribution is 2.18. The van der Waals surface area contributed by atoms with Crippen molar-refractivity contribution in [2.75, 3.05) is 6.54 Å². The minimum atomic E-state index is 0.826. The molecule has 0 aliphatic heterocycles. The molecular formula is C15H16ClN. The molecule has 88 valence electrons. The molecule has 0 saturated heterocycles. The molecule has 2 aromatic rings. The monoisotopic (exact) mass is 245 g/mol. The van der Waals surface area contributed by atoms with Gasteiger partial charge in [0.1, 0.15) is 0 Å². The van der Waals surface area contributed by atoms with E-state index in [4.69, 9.17) is 11.6 Å². The Labute approximate surface area is 107 Å². The summed E-state index contributed by atoms with van der Waals surface area (Å²) in [6.45, 7) is 3.71. The van der Waals surface area contributed by atoms with Crippen molar-refractivity contribution in [2.45, 2.75) is 13.5 Å². The summed E-state index contributed by atoms with van der Waals surface area (Å²) in [7, 11) is 0. The van der Waals surface area contributed by atoms with E-state index in [2.05, 4.69) is 47.8 Å². The number of fused-ring (bicyclic) bond motifs is 1. The van der Waals surface area contributed by atoms with Crippen LogP contribution in [0.5, 0.6) is 0 Å². The zero-order chi connectivity index (χ0) is 12.1. The summed E-state index contributed by atoms with van der Waals surface area (Å²) in [6.07, 6.45) is 0. The maximum absolute atomic E-state index is 5.63. The number of benzene rings is 2. The van der Waals surface area contributed by atoms with Crippen LogP contribution in [0, 0.1) is 0 Å². The van der Waals surface area contributed by atoms with E-state index >= 15 is 0 Å². The molecule has 2 rings (SSSR count). The molecule has 0 saturated carbocycles. The Morgan fingerprint density at radius 1 is 1.18 bits per heavy atom. The maximum atomic E-state index is 5.63. The van der Waals surface area contributed by atoms with Gasteiger partial charge in [0.15, 0.2) is 0 Å². The molecule has 0 aromatic heterocycles. The molecule has 0 heterocycles. The molecule has 1 nitrogen and oxygen atoms in total. The molecule has 0 unspecified atom stereocenters. The van der Waals surface area contributed by atoms with Crippen LogP contribution in [-0.2, 0) is 6.54 Å². The van der Waals surface area contributed by atoms with Crippen molar-refractivity contribution in [3.05, 3.63) is 59.1 Å². The van der Waals surface area contributed by atoms with Crippen LogP contribution in [0.1, 0.15) is 12.5 Å². The average Bonchev–Trinajstić information content (AvgIpc) is 2.39. The quantitative estimate of drug-likeness (QED) is 0.856. The highest BCUT2D eigenvalue weighted by atomic mass is 35.5. The molecule has 0 atom stereocenters. The number of hydrogen-bond donors (Lipinski definition) is 1. The standard InChI is InChI=1S/C15H16ClN/c1-12(9-16)10-17-11-14-7-4-6-13-5-2-3-8-15(13)14/h2-9,17H,10-11H2,1H3/b12-9-. The fourth-order valence-corrected chi connectivity index (χ4v) is 1.96. The van der Waals surface area contributed by atoms with E-state index in [1.54, 1.807) is 5.54 Å².